The van der Waals surface area contributed by atoms with Crippen molar-refractivity contribution in [3.8, 4) is 0 Å². The number of fused-ring (bicyclic) bond motifs is 5. The van der Waals surface area contributed by atoms with Crippen LogP contribution >= 0.6 is 0 Å². The molecule has 0 saturated heterocycles. The van der Waals surface area contributed by atoms with Crippen molar-refractivity contribution >= 4 is 16.2 Å². The number of carbonyl (C=O) groups excluding carboxylic acids is 1. The summed E-state index contributed by atoms with van der Waals surface area (Å²) in [6.45, 7) is 4.29. The molecule has 7 unspecified atom stereocenters. The van der Waals surface area contributed by atoms with Crippen molar-refractivity contribution in [2.45, 2.75) is 71.0 Å². The van der Waals surface area contributed by atoms with E-state index in [1.54, 1.807) is 0 Å². The molecule has 6 nitrogen and oxygen atoms in total. The van der Waals surface area contributed by atoms with Gasteiger partial charge < -0.3 is 5.11 Å². The molecule has 0 amide bonds. The molecule has 7 atom stereocenters. The van der Waals surface area contributed by atoms with E-state index in [1.807, 2.05) is 6.08 Å². The highest BCUT2D eigenvalue weighted by atomic mass is 32.3. The highest BCUT2D eigenvalue weighted by Gasteiger charge is 2.60. The third-order valence-corrected chi connectivity index (χ3v) is 8.57. The maximum absolute atomic E-state index is 12.5. The predicted octanol–water partition coefficient (Wildman–Crippen LogP) is 2.68. The van der Waals surface area contributed by atoms with Gasteiger partial charge >= 0.3 is 10.4 Å². The van der Waals surface area contributed by atoms with Crippen molar-refractivity contribution < 1.29 is 27.1 Å². The smallest absolute Gasteiger partial charge is 0.389 e. The topological polar surface area (TPSA) is 101 Å². The van der Waals surface area contributed by atoms with Crippen molar-refractivity contribution in [3.63, 3.8) is 0 Å². The molecule has 2 N–H and O–H groups in total. The molecule has 0 heterocycles. The van der Waals surface area contributed by atoms with Crippen LogP contribution in [-0.2, 0) is 19.4 Å². The molecule has 4 rings (SSSR count). The average Bonchev–Trinajstić information content (AvgIpc) is 2.83. The van der Waals surface area contributed by atoms with Crippen molar-refractivity contribution in [2.24, 2.45) is 28.6 Å². The summed E-state index contributed by atoms with van der Waals surface area (Å²) < 4.78 is 35.9. The zero-order chi connectivity index (χ0) is 18.9. The Kier molecular flexibility index (Phi) is 4.20. The van der Waals surface area contributed by atoms with Crippen LogP contribution in [0.3, 0.4) is 0 Å². The first-order valence-corrected chi connectivity index (χ1v) is 11.0. The van der Waals surface area contributed by atoms with Crippen LogP contribution < -0.4 is 0 Å². The SMILES string of the molecule is CC12CCC3C(C(O)C=C4CC(OS(=O)(=O)O)CCC43C)C1CCC2=O. The fourth-order valence-electron chi connectivity index (χ4n) is 6.64. The van der Waals surface area contributed by atoms with E-state index in [-0.39, 0.29) is 22.7 Å². The summed E-state index contributed by atoms with van der Waals surface area (Å²) >= 11 is 0. The molecule has 4 aliphatic rings. The predicted molar refractivity (Wildman–Crippen MR) is 94.5 cm³/mol. The standard InChI is InChI=1S/C19H28O6S/c1-18-7-5-12(25-26(22,23)24)9-11(18)10-15(20)17-13-3-4-16(21)19(13,2)8-6-14(17)18/h10,12-15,17,20H,3-9H2,1-2H3,(H,22,23,24). The maximum Gasteiger partial charge on any atom is 0.397 e. The van der Waals surface area contributed by atoms with E-state index in [2.05, 4.69) is 13.8 Å². The Morgan fingerprint density at radius 3 is 2.46 bits per heavy atom. The lowest BCUT2D eigenvalue weighted by molar-refractivity contribution is -0.135. The second-order valence-electron chi connectivity index (χ2n) is 9.20. The second-order valence-corrected chi connectivity index (χ2v) is 10.2. The molecule has 0 aromatic rings. The summed E-state index contributed by atoms with van der Waals surface area (Å²) in [6.07, 6.45) is 5.72. The monoisotopic (exact) mass is 384 g/mol. The minimum Gasteiger partial charge on any atom is -0.389 e. The quantitative estimate of drug-likeness (QED) is 0.561. The molecule has 0 aromatic heterocycles. The van der Waals surface area contributed by atoms with Crippen LogP contribution in [-0.4, -0.2) is 36.1 Å². The van der Waals surface area contributed by atoms with Crippen LogP contribution in [0.15, 0.2) is 11.6 Å². The largest absolute Gasteiger partial charge is 0.397 e. The Hall–Kier alpha value is -0.760. The lowest BCUT2D eigenvalue weighted by Crippen LogP contribution is -2.54. The summed E-state index contributed by atoms with van der Waals surface area (Å²) in [7, 11) is -4.47. The first-order chi connectivity index (χ1) is 12.0. The molecule has 0 spiro atoms. The Labute approximate surface area is 155 Å². The Morgan fingerprint density at radius 1 is 1.12 bits per heavy atom. The van der Waals surface area contributed by atoms with Crippen molar-refractivity contribution in [2.75, 3.05) is 0 Å². The Morgan fingerprint density at radius 2 is 1.77 bits per heavy atom. The number of aliphatic hydroxyl groups excluding tert-OH is 1. The third kappa shape index (κ3) is 2.70. The van der Waals surface area contributed by atoms with Gasteiger partial charge in [-0.3, -0.25) is 9.35 Å². The summed E-state index contributed by atoms with van der Waals surface area (Å²) in [5.41, 5.74) is 0.643. The minimum absolute atomic E-state index is 0.0907. The van der Waals surface area contributed by atoms with Gasteiger partial charge in [0.15, 0.2) is 0 Å². The lowest BCUT2D eigenvalue weighted by Gasteiger charge is -2.58. The first kappa shape index (κ1) is 18.6. The van der Waals surface area contributed by atoms with E-state index < -0.39 is 22.6 Å². The molecule has 0 bridgehead atoms. The van der Waals surface area contributed by atoms with Gasteiger partial charge in [0.25, 0.3) is 0 Å². The zero-order valence-corrected chi connectivity index (χ0v) is 16.2. The van der Waals surface area contributed by atoms with Crippen molar-refractivity contribution in [3.05, 3.63) is 11.6 Å². The zero-order valence-electron chi connectivity index (χ0n) is 15.3. The van der Waals surface area contributed by atoms with Crippen molar-refractivity contribution in [1.82, 2.24) is 0 Å². The molecular formula is C19H28O6S. The Bertz CT molecular complexity index is 758. The van der Waals surface area contributed by atoms with Crippen LogP contribution in [0.4, 0.5) is 0 Å². The van der Waals surface area contributed by atoms with Gasteiger partial charge in [0.2, 0.25) is 0 Å². The van der Waals surface area contributed by atoms with Crippen LogP contribution in [0.2, 0.25) is 0 Å². The fraction of sp³-hybridized carbons (Fsp3) is 0.842. The van der Waals surface area contributed by atoms with Gasteiger partial charge in [-0.25, -0.2) is 4.18 Å². The van der Waals surface area contributed by atoms with Crippen LogP contribution in [0.25, 0.3) is 0 Å². The third-order valence-electron chi connectivity index (χ3n) is 8.05. The number of hydrogen-bond donors (Lipinski definition) is 2. The normalized spacial score (nSPS) is 48.4. The van der Waals surface area contributed by atoms with Gasteiger partial charge in [0.05, 0.1) is 12.2 Å². The number of ketones is 1. The molecule has 0 radical (unpaired) electrons. The van der Waals surface area contributed by atoms with Crippen LogP contribution in [0.1, 0.15) is 58.8 Å². The summed E-state index contributed by atoms with van der Waals surface area (Å²) in [4.78, 5) is 12.5. The first-order valence-electron chi connectivity index (χ1n) is 9.63. The highest BCUT2D eigenvalue weighted by molar-refractivity contribution is 7.80. The molecule has 7 heteroatoms. The molecule has 0 aliphatic heterocycles. The molecular weight excluding hydrogens is 356 g/mol. The van der Waals surface area contributed by atoms with E-state index in [0.717, 1.165) is 31.3 Å². The van der Waals surface area contributed by atoms with E-state index in [9.17, 15) is 18.3 Å². The van der Waals surface area contributed by atoms with Gasteiger partial charge in [-0.1, -0.05) is 25.5 Å². The minimum atomic E-state index is -4.47. The maximum atomic E-state index is 12.5. The molecule has 3 fully saturated rings. The number of aliphatic hydroxyl groups is 1. The Balaban J connectivity index is 1.65. The van der Waals surface area contributed by atoms with Gasteiger partial charge in [-0.05, 0) is 61.7 Å². The number of rotatable bonds is 2. The number of carbonyl (C=O) groups is 1. The fourth-order valence-corrected chi connectivity index (χ4v) is 7.15. The van der Waals surface area contributed by atoms with Crippen LogP contribution in [0.5, 0.6) is 0 Å². The molecule has 26 heavy (non-hydrogen) atoms. The molecule has 4 aliphatic carbocycles. The van der Waals surface area contributed by atoms with Gasteiger partial charge in [-0.15, -0.1) is 0 Å². The molecule has 146 valence electrons. The molecule has 0 aromatic carbocycles. The van der Waals surface area contributed by atoms with E-state index in [4.69, 9.17) is 8.74 Å². The van der Waals surface area contributed by atoms with E-state index >= 15 is 0 Å². The van der Waals surface area contributed by atoms with E-state index in [1.165, 1.54) is 0 Å². The van der Waals surface area contributed by atoms with Gasteiger partial charge in [-0.2, -0.15) is 8.42 Å². The van der Waals surface area contributed by atoms with Gasteiger partial charge in [0, 0.05) is 11.8 Å². The lowest BCUT2D eigenvalue weighted by atomic mass is 9.47. The molecule has 3 saturated carbocycles. The number of Topliss-reactive ketones (excluding diaryl/α,β-unsaturated/α-hetero) is 1. The van der Waals surface area contributed by atoms with Crippen LogP contribution in [0, 0.1) is 28.6 Å². The van der Waals surface area contributed by atoms with Crippen molar-refractivity contribution in [1.29, 1.82) is 0 Å². The summed E-state index contributed by atoms with van der Waals surface area (Å²) in [5, 5.41) is 10.9. The average molecular weight is 384 g/mol. The summed E-state index contributed by atoms with van der Waals surface area (Å²) in [5.74, 6) is 0.963. The number of hydrogen-bond acceptors (Lipinski definition) is 5. The highest BCUT2D eigenvalue weighted by Crippen LogP contribution is 2.64. The van der Waals surface area contributed by atoms with E-state index in [0.29, 0.717) is 31.0 Å². The second kappa shape index (κ2) is 5.87. The van der Waals surface area contributed by atoms with Gasteiger partial charge in [0.1, 0.15) is 5.78 Å². The summed E-state index contributed by atoms with van der Waals surface area (Å²) in [6, 6.07) is 0.